The summed E-state index contributed by atoms with van der Waals surface area (Å²) in [4.78, 5) is 26.2. The van der Waals surface area contributed by atoms with Gasteiger partial charge in [0.1, 0.15) is 12.2 Å². The number of nitrogens with zero attached hydrogens (tertiary/aromatic N) is 1. The van der Waals surface area contributed by atoms with Gasteiger partial charge in [-0.3, -0.25) is 4.79 Å². The minimum Gasteiger partial charge on any atom is -0.485 e. The quantitative estimate of drug-likeness (QED) is 0.874. The molecule has 142 valence electrons. The minimum atomic E-state index is -0.659. The normalized spacial score (nSPS) is 20.4. The van der Waals surface area contributed by atoms with E-state index in [0.29, 0.717) is 37.4 Å². The Morgan fingerprint density at radius 1 is 1.15 bits per heavy atom. The zero-order valence-electron chi connectivity index (χ0n) is 15.5. The van der Waals surface area contributed by atoms with Crippen molar-refractivity contribution in [1.82, 2.24) is 10.2 Å². The molecule has 1 atom stereocenters. The molecule has 7 heteroatoms. The molecule has 0 aliphatic carbocycles. The van der Waals surface area contributed by atoms with Crippen LogP contribution in [0.4, 0.5) is 4.79 Å². The molecule has 1 fully saturated rings. The molecule has 0 saturated carbocycles. The minimum absolute atomic E-state index is 0.0157. The summed E-state index contributed by atoms with van der Waals surface area (Å²) in [5, 5.41) is 3.00. The number of likely N-dealkylation sites (tertiary alicyclic amines) is 1. The smallest absolute Gasteiger partial charge is 0.410 e. The van der Waals surface area contributed by atoms with Crippen LogP contribution in [0.3, 0.4) is 0 Å². The van der Waals surface area contributed by atoms with Gasteiger partial charge in [-0.2, -0.15) is 0 Å². The summed E-state index contributed by atoms with van der Waals surface area (Å²) in [6.07, 6.45) is 0.418. The second kappa shape index (κ2) is 7.43. The van der Waals surface area contributed by atoms with Crippen LogP contribution in [0, 0.1) is 0 Å². The van der Waals surface area contributed by atoms with Crippen molar-refractivity contribution in [3.8, 4) is 11.5 Å². The van der Waals surface area contributed by atoms with Crippen LogP contribution in [-0.4, -0.2) is 54.3 Å². The van der Waals surface area contributed by atoms with Crippen LogP contribution in [0.2, 0.25) is 0 Å². The van der Waals surface area contributed by atoms with Gasteiger partial charge < -0.3 is 24.4 Å². The first-order valence-corrected chi connectivity index (χ1v) is 8.98. The van der Waals surface area contributed by atoms with Crippen molar-refractivity contribution >= 4 is 12.0 Å². The number of carbonyl (C=O) groups excluding carboxylic acids is 2. The molecule has 2 aliphatic rings. The molecule has 7 nitrogen and oxygen atoms in total. The first kappa shape index (κ1) is 18.4. The number of para-hydroxylation sites is 2. The first-order valence-electron chi connectivity index (χ1n) is 8.98. The zero-order valence-corrected chi connectivity index (χ0v) is 15.5. The summed E-state index contributed by atoms with van der Waals surface area (Å²) >= 11 is 0. The topological polar surface area (TPSA) is 77.1 Å². The predicted octanol–water partition coefficient (Wildman–Crippen LogP) is 2.34. The van der Waals surface area contributed by atoms with Gasteiger partial charge in [-0.15, -0.1) is 0 Å². The number of fused-ring (bicyclic) bond motifs is 1. The summed E-state index contributed by atoms with van der Waals surface area (Å²) in [5.41, 5.74) is -0.503. The molecule has 1 aromatic rings. The zero-order chi connectivity index (χ0) is 18.7. The van der Waals surface area contributed by atoms with Crippen LogP contribution in [0.25, 0.3) is 0 Å². The maximum atomic E-state index is 12.5. The third kappa shape index (κ3) is 4.59. The molecular weight excluding hydrogens is 336 g/mol. The Labute approximate surface area is 153 Å². The van der Waals surface area contributed by atoms with Crippen molar-refractivity contribution in [1.29, 1.82) is 0 Å². The van der Waals surface area contributed by atoms with Gasteiger partial charge in [0, 0.05) is 19.1 Å². The molecule has 2 amide bonds. The lowest BCUT2D eigenvalue weighted by molar-refractivity contribution is -0.131. The molecule has 1 aromatic carbocycles. The van der Waals surface area contributed by atoms with E-state index in [1.807, 2.05) is 39.0 Å². The van der Waals surface area contributed by atoms with E-state index in [4.69, 9.17) is 14.2 Å². The maximum absolute atomic E-state index is 12.5. The van der Waals surface area contributed by atoms with Gasteiger partial charge in [0.05, 0.1) is 0 Å². The highest BCUT2D eigenvalue weighted by Crippen LogP contribution is 2.31. The largest absolute Gasteiger partial charge is 0.485 e. The monoisotopic (exact) mass is 362 g/mol. The summed E-state index contributed by atoms with van der Waals surface area (Å²) in [6.45, 7) is 6.86. The van der Waals surface area contributed by atoms with E-state index in [1.54, 1.807) is 11.0 Å². The highest BCUT2D eigenvalue weighted by molar-refractivity contribution is 5.82. The molecule has 1 saturated heterocycles. The number of ether oxygens (including phenoxy) is 3. The molecule has 0 aromatic heterocycles. The fourth-order valence-corrected chi connectivity index (χ4v) is 2.98. The number of nitrogens with one attached hydrogen (secondary N) is 1. The van der Waals surface area contributed by atoms with Gasteiger partial charge >= 0.3 is 6.09 Å². The first-order chi connectivity index (χ1) is 12.3. The summed E-state index contributed by atoms with van der Waals surface area (Å²) in [6, 6.07) is 7.32. The highest BCUT2D eigenvalue weighted by atomic mass is 16.6. The van der Waals surface area contributed by atoms with Gasteiger partial charge in [-0.05, 0) is 45.7 Å². The Morgan fingerprint density at radius 3 is 2.46 bits per heavy atom. The van der Waals surface area contributed by atoms with E-state index in [2.05, 4.69) is 5.32 Å². The Hall–Kier alpha value is -2.44. The second-order valence-corrected chi connectivity index (χ2v) is 7.61. The maximum Gasteiger partial charge on any atom is 0.410 e. The van der Waals surface area contributed by atoms with Gasteiger partial charge in [-0.25, -0.2) is 4.79 Å². The summed E-state index contributed by atoms with van der Waals surface area (Å²) in [7, 11) is 0. The lowest BCUT2D eigenvalue weighted by Gasteiger charge is -2.34. The van der Waals surface area contributed by atoms with E-state index in [9.17, 15) is 9.59 Å². The van der Waals surface area contributed by atoms with Crippen LogP contribution in [0.1, 0.15) is 33.6 Å². The van der Waals surface area contributed by atoms with Gasteiger partial charge in [0.2, 0.25) is 6.10 Å². The fraction of sp³-hybridized carbons (Fsp3) is 0.579. The number of piperidine rings is 1. The number of hydrogen-bond donors (Lipinski definition) is 1. The Kier molecular flexibility index (Phi) is 5.25. The fourth-order valence-electron chi connectivity index (χ4n) is 2.98. The Bertz CT molecular complexity index is 662. The second-order valence-electron chi connectivity index (χ2n) is 7.61. The Balaban J connectivity index is 1.46. The van der Waals surface area contributed by atoms with E-state index >= 15 is 0 Å². The number of benzene rings is 1. The molecule has 3 rings (SSSR count). The van der Waals surface area contributed by atoms with Crippen molar-refractivity contribution in [2.45, 2.75) is 51.4 Å². The van der Waals surface area contributed by atoms with E-state index in [0.717, 1.165) is 0 Å². The molecule has 0 bridgehead atoms. The molecular formula is C19H26N2O5. The number of hydrogen-bond acceptors (Lipinski definition) is 5. The molecule has 26 heavy (non-hydrogen) atoms. The summed E-state index contributed by atoms with van der Waals surface area (Å²) in [5.74, 6) is 1.05. The number of rotatable bonds is 2. The van der Waals surface area contributed by atoms with Crippen LogP contribution in [-0.2, 0) is 9.53 Å². The molecule has 0 radical (unpaired) electrons. The number of carbonyl (C=O) groups is 2. The van der Waals surface area contributed by atoms with E-state index in [-0.39, 0.29) is 24.6 Å². The van der Waals surface area contributed by atoms with Gasteiger partial charge in [0.25, 0.3) is 5.91 Å². The SMILES string of the molecule is CC(C)(C)OC(=O)N1CCC(NC(=O)[C@H]2COc3ccccc3O2)CC1. The predicted molar refractivity (Wildman–Crippen MR) is 95.3 cm³/mol. The van der Waals surface area contributed by atoms with Crippen LogP contribution < -0.4 is 14.8 Å². The lowest BCUT2D eigenvalue weighted by Crippen LogP contribution is -2.52. The average molecular weight is 362 g/mol. The summed E-state index contributed by atoms with van der Waals surface area (Å²) < 4.78 is 16.7. The standard InChI is InChI=1S/C19H26N2O5/c1-19(2,3)26-18(23)21-10-8-13(9-11-21)20-17(22)16-12-24-14-6-4-5-7-15(14)25-16/h4-7,13,16H,8-12H2,1-3H3,(H,20,22)/t16-/m1/s1. The third-order valence-electron chi connectivity index (χ3n) is 4.29. The molecule has 2 aliphatic heterocycles. The third-order valence-corrected chi connectivity index (χ3v) is 4.29. The Morgan fingerprint density at radius 2 is 1.81 bits per heavy atom. The van der Waals surface area contributed by atoms with Gasteiger partial charge in [0.15, 0.2) is 11.5 Å². The van der Waals surface area contributed by atoms with Crippen LogP contribution in [0.15, 0.2) is 24.3 Å². The van der Waals surface area contributed by atoms with Gasteiger partial charge in [-0.1, -0.05) is 12.1 Å². The van der Waals surface area contributed by atoms with Crippen molar-refractivity contribution in [2.75, 3.05) is 19.7 Å². The van der Waals surface area contributed by atoms with Crippen molar-refractivity contribution in [2.24, 2.45) is 0 Å². The van der Waals surface area contributed by atoms with Crippen molar-refractivity contribution in [3.05, 3.63) is 24.3 Å². The van der Waals surface area contributed by atoms with E-state index in [1.165, 1.54) is 0 Å². The molecule has 0 spiro atoms. The highest BCUT2D eigenvalue weighted by Gasteiger charge is 2.31. The average Bonchev–Trinajstić information content (AvgIpc) is 2.60. The van der Waals surface area contributed by atoms with Crippen LogP contribution >= 0.6 is 0 Å². The van der Waals surface area contributed by atoms with Crippen molar-refractivity contribution < 1.29 is 23.8 Å². The molecule has 2 heterocycles. The lowest BCUT2D eigenvalue weighted by atomic mass is 10.0. The van der Waals surface area contributed by atoms with Crippen LogP contribution in [0.5, 0.6) is 11.5 Å². The molecule has 1 N–H and O–H groups in total. The number of amides is 2. The molecule has 0 unspecified atom stereocenters. The van der Waals surface area contributed by atoms with Crippen molar-refractivity contribution in [3.63, 3.8) is 0 Å². The van der Waals surface area contributed by atoms with E-state index < -0.39 is 11.7 Å².